The van der Waals surface area contributed by atoms with Crippen molar-refractivity contribution in [2.45, 2.75) is 67.4 Å². The van der Waals surface area contributed by atoms with Crippen LogP contribution >= 0.6 is 0 Å². The van der Waals surface area contributed by atoms with Crippen molar-refractivity contribution in [2.75, 3.05) is 0 Å². The van der Waals surface area contributed by atoms with Gasteiger partial charge >= 0.3 is 5.97 Å². The van der Waals surface area contributed by atoms with Crippen molar-refractivity contribution in [3.05, 3.63) is 23.8 Å². The molecule has 0 heterocycles. The lowest BCUT2D eigenvalue weighted by Crippen LogP contribution is -2.31. The molecular weight excluding hydrogens is 248 g/mol. The smallest absolute Gasteiger partial charge is 0.302 e. The normalized spacial score (nSPS) is 23.8. The van der Waals surface area contributed by atoms with Crippen LogP contribution in [0.3, 0.4) is 0 Å². The molecule has 0 saturated heterocycles. The Bertz CT molecular complexity index is 413. The van der Waals surface area contributed by atoms with Gasteiger partial charge in [0.1, 0.15) is 6.10 Å². The highest BCUT2D eigenvalue weighted by Crippen LogP contribution is 2.44. The first-order valence-electron chi connectivity index (χ1n) is 7.65. The molecule has 0 aromatic rings. The van der Waals surface area contributed by atoms with Gasteiger partial charge in [-0.1, -0.05) is 58.4 Å². The summed E-state index contributed by atoms with van der Waals surface area (Å²) in [6.45, 7) is 14.6. The lowest BCUT2D eigenvalue weighted by Gasteiger charge is -2.32. The number of esters is 1. The zero-order chi connectivity index (χ0) is 15.6. The standard InChI is InChI=1S/C18H30O2/c1-8-16(20-14(3)19)17(4,5)12-11-15-10-9-13(2)18(15,6)7/h9,11-12,15-16H,8,10H2,1-7H3/b12-11+/t15-,16+/m1/s1. The summed E-state index contributed by atoms with van der Waals surface area (Å²) >= 11 is 0. The van der Waals surface area contributed by atoms with Gasteiger partial charge in [0.2, 0.25) is 0 Å². The minimum atomic E-state index is -0.197. The molecule has 1 aliphatic carbocycles. The predicted molar refractivity (Wildman–Crippen MR) is 84.4 cm³/mol. The second-order valence-corrected chi connectivity index (χ2v) is 7.14. The van der Waals surface area contributed by atoms with Crippen LogP contribution in [0.5, 0.6) is 0 Å². The molecule has 2 nitrogen and oxygen atoms in total. The Morgan fingerprint density at radius 3 is 2.55 bits per heavy atom. The Labute approximate surface area is 124 Å². The quantitative estimate of drug-likeness (QED) is 0.528. The highest BCUT2D eigenvalue weighted by atomic mass is 16.5. The zero-order valence-corrected chi connectivity index (χ0v) is 14.1. The highest BCUT2D eigenvalue weighted by molar-refractivity contribution is 5.66. The van der Waals surface area contributed by atoms with E-state index in [9.17, 15) is 4.79 Å². The molecule has 0 aromatic carbocycles. The van der Waals surface area contributed by atoms with Crippen LogP contribution in [0.25, 0.3) is 0 Å². The third kappa shape index (κ3) is 3.74. The topological polar surface area (TPSA) is 26.3 Å². The fourth-order valence-electron chi connectivity index (χ4n) is 2.91. The molecule has 114 valence electrons. The zero-order valence-electron chi connectivity index (χ0n) is 14.1. The molecule has 0 amide bonds. The van der Waals surface area contributed by atoms with Gasteiger partial charge in [-0.05, 0) is 31.1 Å². The number of carbonyl (C=O) groups excluding carboxylic acids is 1. The maximum Gasteiger partial charge on any atom is 0.302 e. The Morgan fingerprint density at radius 1 is 1.55 bits per heavy atom. The van der Waals surface area contributed by atoms with E-state index in [4.69, 9.17) is 4.74 Å². The van der Waals surface area contributed by atoms with Gasteiger partial charge in [-0.25, -0.2) is 0 Å². The van der Waals surface area contributed by atoms with Crippen LogP contribution in [0.1, 0.15) is 61.3 Å². The first-order chi connectivity index (χ1) is 9.11. The molecule has 0 aliphatic heterocycles. The van der Waals surface area contributed by atoms with E-state index in [1.54, 1.807) is 0 Å². The van der Waals surface area contributed by atoms with E-state index < -0.39 is 0 Å². The third-order valence-electron chi connectivity index (χ3n) is 4.89. The van der Waals surface area contributed by atoms with Crippen molar-refractivity contribution in [3.8, 4) is 0 Å². The van der Waals surface area contributed by atoms with Crippen LogP contribution < -0.4 is 0 Å². The summed E-state index contributed by atoms with van der Waals surface area (Å²) < 4.78 is 5.45. The molecule has 0 fully saturated rings. The van der Waals surface area contributed by atoms with E-state index in [0.717, 1.165) is 12.8 Å². The summed E-state index contributed by atoms with van der Waals surface area (Å²) in [5, 5.41) is 0. The average molecular weight is 278 g/mol. The van der Waals surface area contributed by atoms with Crippen LogP contribution in [0, 0.1) is 16.7 Å². The monoisotopic (exact) mass is 278 g/mol. The van der Waals surface area contributed by atoms with Crippen LogP contribution in [0.2, 0.25) is 0 Å². The molecule has 2 heteroatoms. The SMILES string of the molecule is CC[C@H](OC(C)=O)C(C)(C)/C=C/[C@H]1CC=C(C)C1(C)C. The summed E-state index contributed by atoms with van der Waals surface area (Å²) in [6.07, 6.45) is 8.78. The van der Waals surface area contributed by atoms with Gasteiger partial charge in [-0.2, -0.15) is 0 Å². The molecule has 0 spiro atoms. The van der Waals surface area contributed by atoms with Crippen molar-refractivity contribution in [1.82, 2.24) is 0 Å². The maximum absolute atomic E-state index is 11.2. The Kier molecular flexibility index (Phi) is 5.23. The number of ether oxygens (including phenoxy) is 1. The molecular formula is C18H30O2. The molecule has 0 bridgehead atoms. The van der Waals surface area contributed by atoms with Crippen molar-refractivity contribution in [2.24, 2.45) is 16.7 Å². The van der Waals surface area contributed by atoms with Crippen LogP contribution in [-0.2, 0) is 9.53 Å². The van der Waals surface area contributed by atoms with Crippen LogP contribution in [0.15, 0.2) is 23.8 Å². The van der Waals surface area contributed by atoms with E-state index in [2.05, 4.69) is 59.8 Å². The lowest BCUT2D eigenvalue weighted by molar-refractivity contribution is -0.151. The Hall–Kier alpha value is -1.05. The largest absolute Gasteiger partial charge is 0.462 e. The number of hydrogen-bond donors (Lipinski definition) is 0. The predicted octanol–water partition coefficient (Wildman–Crippen LogP) is 4.90. The number of carbonyl (C=O) groups is 1. The molecule has 0 saturated carbocycles. The number of hydrogen-bond acceptors (Lipinski definition) is 2. The molecule has 0 unspecified atom stereocenters. The third-order valence-corrected chi connectivity index (χ3v) is 4.89. The maximum atomic E-state index is 11.2. The van der Waals surface area contributed by atoms with E-state index in [-0.39, 0.29) is 22.9 Å². The Balaban J connectivity index is 2.80. The first-order valence-corrected chi connectivity index (χ1v) is 7.65. The van der Waals surface area contributed by atoms with Gasteiger partial charge in [0, 0.05) is 12.3 Å². The summed E-state index contributed by atoms with van der Waals surface area (Å²) in [4.78, 5) is 11.2. The summed E-state index contributed by atoms with van der Waals surface area (Å²) in [6, 6.07) is 0. The number of allylic oxidation sites excluding steroid dienone is 3. The summed E-state index contributed by atoms with van der Waals surface area (Å²) in [5.74, 6) is 0.341. The van der Waals surface area contributed by atoms with Gasteiger partial charge in [-0.15, -0.1) is 0 Å². The van der Waals surface area contributed by atoms with Crippen LogP contribution in [0.4, 0.5) is 0 Å². The second kappa shape index (κ2) is 6.15. The van der Waals surface area contributed by atoms with E-state index in [1.165, 1.54) is 12.5 Å². The minimum Gasteiger partial charge on any atom is -0.462 e. The van der Waals surface area contributed by atoms with Gasteiger partial charge in [-0.3, -0.25) is 4.79 Å². The summed E-state index contributed by atoms with van der Waals surface area (Å²) in [5.41, 5.74) is 1.57. The van der Waals surface area contributed by atoms with Gasteiger partial charge in [0.25, 0.3) is 0 Å². The molecule has 1 rings (SSSR count). The lowest BCUT2D eigenvalue weighted by atomic mass is 9.75. The van der Waals surface area contributed by atoms with E-state index in [1.807, 2.05) is 0 Å². The van der Waals surface area contributed by atoms with Gasteiger partial charge < -0.3 is 4.74 Å². The van der Waals surface area contributed by atoms with Crippen LogP contribution in [-0.4, -0.2) is 12.1 Å². The van der Waals surface area contributed by atoms with E-state index >= 15 is 0 Å². The molecule has 1 aliphatic rings. The summed E-state index contributed by atoms with van der Waals surface area (Å²) in [7, 11) is 0. The minimum absolute atomic E-state index is 0.0604. The van der Waals surface area contributed by atoms with Crippen molar-refractivity contribution >= 4 is 5.97 Å². The highest BCUT2D eigenvalue weighted by Gasteiger charge is 2.34. The molecule has 20 heavy (non-hydrogen) atoms. The van der Waals surface area contributed by atoms with E-state index in [0.29, 0.717) is 5.92 Å². The Morgan fingerprint density at radius 2 is 2.15 bits per heavy atom. The molecule has 0 radical (unpaired) electrons. The molecule has 0 N–H and O–H groups in total. The molecule has 0 aromatic heterocycles. The molecule has 2 atom stereocenters. The van der Waals surface area contributed by atoms with Gasteiger partial charge in [0.05, 0.1) is 0 Å². The van der Waals surface area contributed by atoms with Gasteiger partial charge in [0.15, 0.2) is 0 Å². The second-order valence-electron chi connectivity index (χ2n) is 7.14. The van der Waals surface area contributed by atoms with Crippen molar-refractivity contribution < 1.29 is 9.53 Å². The number of rotatable bonds is 5. The first kappa shape index (κ1) is 17.0. The van der Waals surface area contributed by atoms with Crippen molar-refractivity contribution in [1.29, 1.82) is 0 Å². The fourth-order valence-corrected chi connectivity index (χ4v) is 2.91. The fraction of sp³-hybridized carbons (Fsp3) is 0.722. The average Bonchev–Trinajstić information content (AvgIpc) is 2.58. The van der Waals surface area contributed by atoms with Crippen molar-refractivity contribution in [3.63, 3.8) is 0 Å².